The van der Waals surface area contributed by atoms with Crippen LogP contribution in [-0.4, -0.2) is 47.6 Å². The Labute approximate surface area is 120 Å². The average Bonchev–Trinajstić information content (AvgIpc) is 3.04. The Bertz CT molecular complexity index is 366. The Hall–Kier alpha value is -1.10. The third-order valence-electron chi connectivity index (χ3n) is 4.79. The van der Waals surface area contributed by atoms with Gasteiger partial charge in [0.1, 0.15) is 0 Å². The van der Waals surface area contributed by atoms with Crippen LogP contribution in [0.15, 0.2) is 0 Å². The standard InChI is InChI=1S/C15H26N2O3/c1-10-7-12(13(8-10)15(19)20)14(18)16-9-11(2)17-5-3-4-6-17/h10-13H,3-9H2,1-2H3,(H,16,18)(H,19,20). The second-order valence-electron chi connectivity index (χ2n) is 6.47. The molecule has 114 valence electrons. The van der Waals surface area contributed by atoms with Crippen molar-refractivity contribution in [2.75, 3.05) is 19.6 Å². The first-order valence-electron chi connectivity index (χ1n) is 7.73. The molecule has 1 aliphatic carbocycles. The van der Waals surface area contributed by atoms with Crippen molar-refractivity contribution in [1.29, 1.82) is 0 Å². The van der Waals surface area contributed by atoms with Crippen LogP contribution in [0.1, 0.15) is 39.5 Å². The van der Waals surface area contributed by atoms with Crippen molar-refractivity contribution in [3.05, 3.63) is 0 Å². The van der Waals surface area contributed by atoms with Gasteiger partial charge < -0.3 is 10.4 Å². The lowest BCUT2D eigenvalue weighted by Gasteiger charge is -2.25. The summed E-state index contributed by atoms with van der Waals surface area (Å²) in [6.07, 6.45) is 3.79. The van der Waals surface area contributed by atoms with Gasteiger partial charge in [-0.25, -0.2) is 0 Å². The Balaban J connectivity index is 1.83. The zero-order valence-corrected chi connectivity index (χ0v) is 12.5. The van der Waals surface area contributed by atoms with Gasteiger partial charge in [-0.1, -0.05) is 6.92 Å². The molecule has 0 bridgehead atoms. The van der Waals surface area contributed by atoms with Gasteiger partial charge in [-0.2, -0.15) is 0 Å². The van der Waals surface area contributed by atoms with E-state index in [2.05, 4.69) is 17.1 Å². The van der Waals surface area contributed by atoms with Crippen LogP contribution in [0.4, 0.5) is 0 Å². The van der Waals surface area contributed by atoms with Gasteiger partial charge in [0.25, 0.3) is 0 Å². The summed E-state index contributed by atoms with van der Waals surface area (Å²) in [6.45, 7) is 6.98. The van der Waals surface area contributed by atoms with Crippen molar-refractivity contribution in [2.45, 2.75) is 45.6 Å². The van der Waals surface area contributed by atoms with Crippen LogP contribution in [0.3, 0.4) is 0 Å². The summed E-state index contributed by atoms with van der Waals surface area (Å²) < 4.78 is 0. The molecule has 4 unspecified atom stereocenters. The maximum Gasteiger partial charge on any atom is 0.307 e. The second kappa shape index (κ2) is 6.57. The molecule has 4 atom stereocenters. The number of hydrogen-bond donors (Lipinski definition) is 2. The number of carboxylic acids is 1. The van der Waals surface area contributed by atoms with E-state index in [0.29, 0.717) is 31.3 Å². The predicted octanol–water partition coefficient (Wildman–Crippen LogP) is 1.33. The van der Waals surface area contributed by atoms with Gasteiger partial charge in [0.15, 0.2) is 0 Å². The zero-order valence-electron chi connectivity index (χ0n) is 12.5. The van der Waals surface area contributed by atoms with Gasteiger partial charge in [-0.05, 0) is 51.6 Å². The number of carbonyl (C=O) groups is 2. The van der Waals surface area contributed by atoms with E-state index in [0.717, 1.165) is 13.1 Å². The van der Waals surface area contributed by atoms with Crippen LogP contribution < -0.4 is 5.32 Å². The number of amides is 1. The first kappa shape index (κ1) is 15.3. The largest absolute Gasteiger partial charge is 0.481 e. The molecule has 2 rings (SSSR count). The summed E-state index contributed by atoms with van der Waals surface area (Å²) in [5, 5.41) is 12.2. The van der Waals surface area contributed by atoms with Crippen LogP contribution in [0, 0.1) is 17.8 Å². The highest BCUT2D eigenvalue weighted by atomic mass is 16.4. The number of hydrogen-bond acceptors (Lipinski definition) is 3. The Morgan fingerprint density at radius 3 is 2.45 bits per heavy atom. The molecule has 20 heavy (non-hydrogen) atoms. The van der Waals surface area contributed by atoms with Crippen molar-refractivity contribution in [1.82, 2.24) is 10.2 Å². The van der Waals surface area contributed by atoms with E-state index in [1.807, 2.05) is 6.92 Å². The number of carboxylic acid groups (broad SMARTS) is 1. The smallest absolute Gasteiger partial charge is 0.307 e. The molecule has 2 aliphatic rings. The van der Waals surface area contributed by atoms with Gasteiger partial charge in [-0.3, -0.25) is 14.5 Å². The zero-order chi connectivity index (χ0) is 14.7. The minimum Gasteiger partial charge on any atom is -0.481 e. The van der Waals surface area contributed by atoms with Crippen LogP contribution in [0.25, 0.3) is 0 Å². The molecule has 0 radical (unpaired) electrons. The van der Waals surface area contributed by atoms with Crippen LogP contribution in [0.2, 0.25) is 0 Å². The van der Waals surface area contributed by atoms with Gasteiger partial charge >= 0.3 is 5.97 Å². The quantitative estimate of drug-likeness (QED) is 0.798. The van der Waals surface area contributed by atoms with Crippen molar-refractivity contribution in [3.8, 4) is 0 Å². The van der Waals surface area contributed by atoms with Crippen LogP contribution in [0.5, 0.6) is 0 Å². The highest BCUT2D eigenvalue weighted by molar-refractivity contribution is 5.85. The third kappa shape index (κ3) is 3.51. The fourth-order valence-electron chi connectivity index (χ4n) is 3.55. The number of aliphatic carboxylic acids is 1. The molecule has 1 amide bonds. The van der Waals surface area contributed by atoms with Crippen LogP contribution >= 0.6 is 0 Å². The molecule has 5 nitrogen and oxygen atoms in total. The highest BCUT2D eigenvalue weighted by Gasteiger charge is 2.41. The summed E-state index contributed by atoms with van der Waals surface area (Å²) >= 11 is 0. The lowest BCUT2D eigenvalue weighted by Crippen LogP contribution is -2.43. The minimum atomic E-state index is -0.831. The highest BCUT2D eigenvalue weighted by Crippen LogP contribution is 2.36. The summed E-state index contributed by atoms with van der Waals surface area (Å²) in [5.74, 6) is -1.45. The monoisotopic (exact) mass is 282 g/mol. The lowest BCUT2D eigenvalue weighted by atomic mass is 9.95. The average molecular weight is 282 g/mol. The first-order valence-corrected chi connectivity index (χ1v) is 7.73. The first-order chi connectivity index (χ1) is 9.49. The molecule has 5 heteroatoms. The fourth-order valence-corrected chi connectivity index (χ4v) is 3.55. The Morgan fingerprint density at radius 1 is 1.25 bits per heavy atom. The SMILES string of the molecule is CC1CC(C(=O)O)C(C(=O)NCC(C)N2CCCC2)C1. The number of likely N-dealkylation sites (tertiary alicyclic amines) is 1. The van der Waals surface area contributed by atoms with Gasteiger partial charge in [0, 0.05) is 12.6 Å². The molecule has 2 N–H and O–H groups in total. The van der Waals surface area contributed by atoms with Gasteiger partial charge in [0.2, 0.25) is 5.91 Å². The Kier molecular flexibility index (Phi) is 5.02. The second-order valence-corrected chi connectivity index (χ2v) is 6.47. The molecule has 0 spiro atoms. The summed E-state index contributed by atoms with van der Waals surface area (Å²) in [7, 11) is 0. The van der Waals surface area contributed by atoms with Crippen molar-refractivity contribution in [3.63, 3.8) is 0 Å². The molecular weight excluding hydrogens is 256 g/mol. The Morgan fingerprint density at radius 2 is 1.85 bits per heavy atom. The minimum absolute atomic E-state index is 0.0761. The third-order valence-corrected chi connectivity index (χ3v) is 4.79. The molecule has 1 saturated heterocycles. The van der Waals surface area contributed by atoms with E-state index >= 15 is 0 Å². The van der Waals surface area contributed by atoms with Crippen molar-refractivity contribution >= 4 is 11.9 Å². The molecule has 1 saturated carbocycles. The summed E-state index contributed by atoms with van der Waals surface area (Å²) in [4.78, 5) is 25.8. The number of rotatable bonds is 5. The number of nitrogens with one attached hydrogen (secondary N) is 1. The topological polar surface area (TPSA) is 69.6 Å². The molecule has 1 aliphatic heterocycles. The van der Waals surface area contributed by atoms with E-state index in [-0.39, 0.29) is 11.8 Å². The van der Waals surface area contributed by atoms with Gasteiger partial charge in [0.05, 0.1) is 11.8 Å². The normalized spacial score (nSPS) is 32.2. The molecule has 2 fully saturated rings. The number of nitrogens with zero attached hydrogens (tertiary/aromatic N) is 1. The van der Waals surface area contributed by atoms with E-state index in [4.69, 9.17) is 0 Å². The van der Waals surface area contributed by atoms with Crippen molar-refractivity contribution < 1.29 is 14.7 Å². The molecular formula is C15H26N2O3. The number of carbonyl (C=O) groups excluding carboxylic acids is 1. The van der Waals surface area contributed by atoms with Crippen molar-refractivity contribution in [2.24, 2.45) is 17.8 Å². The molecule has 0 aromatic carbocycles. The van der Waals surface area contributed by atoms with E-state index in [1.54, 1.807) is 0 Å². The predicted molar refractivity (Wildman–Crippen MR) is 76.3 cm³/mol. The summed E-state index contributed by atoms with van der Waals surface area (Å²) in [6, 6.07) is 0.337. The van der Waals surface area contributed by atoms with E-state index in [1.165, 1.54) is 12.8 Å². The van der Waals surface area contributed by atoms with Crippen LogP contribution in [-0.2, 0) is 9.59 Å². The molecule has 1 heterocycles. The van der Waals surface area contributed by atoms with Gasteiger partial charge in [-0.15, -0.1) is 0 Å². The fraction of sp³-hybridized carbons (Fsp3) is 0.867. The van der Waals surface area contributed by atoms with E-state index < -0.39 is 11.9 Å². The van der Waals surface area contributed by atoms with E-state index in [9.17, 15) is 14.7 Å². The maximum absolute atomic E-state index is 12.2. The molecule has 0 aromatic rings. The maximum atomic E-state index is 12.2. The summed E-state index contributed by atoms with van der Waals surface area (Å²) in [5.41, 5.74) is 0. The molecule has 0 aromatic heterocycles. The lowest BCUT2D eigenvalue weighted by molar-refractivity contribution is -0.146.